The third-order valence-electron chi connectivity index (χ3n) is 1.88. The van der Waals surface area contributed by atoms with E-state index in [9.17, 15) is 4.21 Å². The van der Waals surface area contributed by atoms with Crippen LogP contribution >= 0.6 is 0 Å². The fourth-order valence-corrected chi connectivity index (χ4v) is 2.38. The van der Waals surface area contributed by atoms with Crippen molar-refractivity contribution in [3.05, 3.63) is 0 Å². The summed E-state index contributed by atoms with van der Waals surface area (Å²) in [5.41, 5.74) is 0. The molecule has 4 heteroatoms. The van der Waals surface area contributed by atoms with E-state index in [-0.39, 0.29) is 6.04 Å². The van der Waals surface area contributed by atoms with Crippen LogP contribution < -0.4 is 5.32 Å². The average Bonchev–Trinajstić information content (AvgIpc) is 1.98. The Morgan fingerprint density at radius 3 is 3.00 bits per heavy atom. The van der Waals surface area contributed by atoms with Gasteiger partial charge in [-0.1, -0.05) is 0 Å². The van der Waals surface area contributed by atoms with Crippen molar-refractivity contribution in [2.75, 3.05) is 26.0 Å². The van der Waals surface area contributed by atoms with Crippen molar-refractivity contribution in [2.45, 2.75) is 18.2 Å². The second-order valence-electron chi connectivity index (χ2n) is 2.92. The molecule has 1 saturated heterocycles. The highest BCUT2D eigenvalue weighted by molar-refractivity contribution is 7.85. The highest BCUT2D eigenvalue weighted by Gasteiger charge is 2.22. The smallest absolute Gasteiger partial charge is 0.0624 e. The average molecular weight is 177 g/mol. The van der Waals surface area contributed by atoms with Gasteiger partial charge in [0.2, 0.25) is 0 Å². The molecule has 0 bridgehead atoms. The van der Waals surface area contributed by atoms with Crippen LogP contribution in [0.1, 0.15) is 6.92 Å². The molecule has 3 nitrogen and oxygen atoms in total. The summed E-state index contributed by atoms with van der Waals surface area (Å²) in [6, 6.07) is 0.289. The topological polar surface area (TPSA) is 38.3 Å². The first-order chi connectivity index (χ1) is 5.24. The molecule has 1 N–H and O–H groups in total. The van der Waals surface area contributed by atoms with Crippen LogP contribution in [0.4, 0.5) is 0 Å². The van der Waals surface area contributed by atoms with E-state index in [1.807, 2.05) is 6.92 Å². The van der Waals surface area contributed by atoms with Crippen LogP contribution in [0.2, 0.25) is 0 Å². The molecular formula is C7H15NO2S. The molecule has 3 atom stereocenters. The maximum absolute atomic E-state index is 11.3. The van der Waals surface area contributed by atoms with Gasteiger partial charge < -0.3 is 10.1 Å². The molecule has 0 radical (unpaired) electrons. The van der Waals surface area contributed by atoms with Gasteiger partial charge in [0.05, 0.1) is 6.61 Å². The highest BCUT2D eigenvalue weighted by atomic mass is 32.2. The maximum atomic E-state index is 11.3. The largest absolute Gasteiger partial charge is 0.383 e. The van der Waals surface area contributed by atoms with Gasteiger partial charge in [0.15, 0.2) is 0 Å². The first kappa shape index (κ1) is 9.16. The van der Waals surface area contributed by atoms with E-state index in [2.05, 4.69) is 5.32 Å². The summed E-state index contributed by atoms with van der Waals surface area (Å²) in [5, 5.41) is 3.58. The van der Waals surface area contributed by atoms with Gasteiger partial charge in [0, 0.05) is 41.5 Å². The second-order valence-corrected chi connectivity index (χ2v) is 4.82. The van der Waals surface area contributed by atoms with Crippen LogP contribution in [0.15, 0.2) is 0 Å². The Hall–Kier alpha value is 0.0700. The number of rotatable bonds is 2. The van der Waals surface area contributed by atoms with Crippen molar-refractivity contribution in [3.8, 4) is 0 Å². The lowest BCUT2D eigenvalue weighted by Crippen LogP contribution is -2.48. The zero-order valence-corrected chi connectivity index (χ0v) is 7.82. The third-order valence-corrected chi connectivity index (χ3v) is 3.67. The van der Waals surface area contributed by atoms with Gasteiger partial charge in [-0.2, -0.15) is 0 Å². The summed E-state index contributed by atoms with van der Waals surface area (Å²) in [4.78, 5) is 0. The first-order valence-electron chi connectivity index (χ1n) is 3.83. The van der Waals surface area contributed by atoms with E-state index in [4.69, 9.17) is 4.74 Å². The SMILES string of the molecule is COCC1CS(=O)C(C)CN1. The molecule has 0 aliphatic carbocycles. The fraction of sp³-hybridized carbons (Fsp3) is 1.00. The third kappa shape index (κ3) is 2.54. The number of hydrogen-bond acceptors (Lipinski definition) is 3. The summed E-state index contributed by atoms with van der Waals surface area (Å²) in [6.45, 7) is 3.52. The molecule has 0 amide bonds. The van der Waals surface area contributed by atoms with Crippen LogP contribution in [0.5, 0.6) is 0 Å². The Kier molecular flexibility index (Phi) is 3.48. The number of ether oxygens (including phenoxy) is 1. The Morgan fingerprint density at radius 2 is 2.45 bits per heavy atom. The summed E-state index contributed by atoms with van der Waals surface area (Å²) >= 11 is 0. The van der Waals surface area contributed by atoms with Crippen LogP contribution in [0.25, 0.3) is 0 Å². The second kappa shape index (κ2) is 4.18. The molecule has 0 saturated carbocycles. The van der Waals surface area contributed by atoms with E-state index in [0.717, 1.165) is 12.3 Å². The molecule has 0 aromatic rings. The quantitative estimate of drug-likeness (QED) is 0.631. The molecule has 11 heavy (non-hydrogen) atoms. The molecule has 1 aliphatic heterocycles. The summed E-state index contributed by atoms with van der Waals surface area (Å²) in [6.07, 6.45) is 0. The Balaban J connectivity index is 2.34. The molecule has 0 aromatic carbocycles. The molecule has 0 spiro atoms. The van der Waals surface area contributed by atoms with E-state index in [0.29, 0.717) is 11.9 Å². The summed E-state index contributed by atoms with van der Waals surface area (Å²) in [7, 11) is 1.01. The van der Waals surface area contributed by atoms with Gasteiger partial charge in [0.25, 0.3) is 0 Å². The first-order valence-corrected chi connectivity index (χ1v) is 5.21. The number of methoxy groups -OCH3 is 1. The lowest BCUT2D eigenvalue weighted by Gasteiger charge is -2.26. The minimum atomic E-state index is -0.659. The van der Waals surface area contributed by atoms with Crippen molar-refractivity contribution in [1.29, 1.82) is 0 Å². The molecule has 3 unspecified atom stereocenters. The molecular weight excluding hydrogens is 162 g/mol. The van der Waals surface area contributed by atoms with Gasteiger partial charge in [-0.25, -0.2) is 0 Å². The number of nitrogens with one attached hydrogen (secondary N) is 1. The zero-order valence-electron chi connectivity index (χ0n) is 7.00. The van der Waals surface area contributed by atoms with Crippen LogP contribution in [-0.2, 0) is 15.5 Å². The van der Waals surface area contributed by atoms with Gasteiger partial charge >= 0.3 is 0 Å². The van der Waals surface area contributed by atoms with Gasteiger partial charge in [-0.05, 0) is 6.92 Å². The van der Waals surface area contributed by atoms with E-state index in [1.54, 1.807) is 7.11 Å². The molecule has 1 aliphatic rings. The fourth-order valence-electron chi connectivity index (χ4n) is 1.16. The van der Waals surface area contributed by atoms with Gasteiger partial charge in [0.1, 0.15) is 0 Å². The van der Waals surface area contributed by atoms with Crippen LogP contribution in [0.3, 0.4) is 0 Å². The highest BCUT2D eigenvalue weighted by Crippen LogP contribution is 2.04. The predicted octanol–water partition coefficient (Wildman–Crippen LogP) is -0.258. The van der Waals surface area contributed by atoms with Crippen molar-refractivity contribution in [2.24, 2.45) is 0 Å². The zero-order chi connectivity index (χ0) is 8.27. The summed E-state index contributed by atoms with van der Waals surface area (Å²) in [5.74, 6) is 0.731. The molecule has 1 rings (SSSR count). The minimum Gasteiger partial charge on any atom is -0.383 e. The van der Waals surface area contributed by atoms with Crippen molar-refractivity contribution >= 4 is 10.8 Å². The van der Waals surface area contributed by atoms with Crippen molar-refractivity contribution in [1.82, 2.24) is 5.32 Å². The Morgan fingerprint density at radius 1 is 1.73 bits per heavy atom. The van der Waals surface area contributed by atoms with E-state index >= 15 is 0 Å². The standard InChI is InChI=1S/C7H15NO2S/c1-6-3-8-7(4-10-2)5-11(6)9/h6-8H,3-5H2,1-2H3. The minimum absolute atomic E-state index is 0.289. The summed E-state index contributed by atoms with van der Waals surface area (Å²) < 4.78 is 16.3. The lowest BCUT2D eigenvalue weighted by molar-refractivity contribution is 0.172. The van der Waals surface area contributed by atoms with E-state index < -0.39 is 10.8 Å². The Labute approximate surface area is 70.0 Å². The normalized spacial score (nSPS) is 38.9. The van der Waals surface area contributed by atoms with Crippen molar-refractivity contribution < 1.29 is 8.95 Å². The molecule has 1 heterocycles. The van der Waals surface area contributed by atoms with Crippen molar-refractivity contribution in [3.63, 3.8) is 0 Å². The number of hydrogen-bond donors (Lipinski definition) is 1. The molecule has 66 valence electrons. The van der Waals surface area contributed by atoms with E-state index in [1.165, 1.54) is 0 Å². The molecule has 0 aromatic heterocycles. The Bertz CT molecular complexity index is 151. The molecule has 1 fully saturated rings. The monoisotopic (exact) mass is 177 g/mol. The van der Waals surface area contributed by atoms with Crippen LogP contribution in [-0.4, -0.2) is 41.5 Å². The maximum Gasteiger partial charge on any atom is 0.0624 e. The predicted molar refractivity (Wildman–Crippen MR) is 46.1 cm³/mol. The lowest BCUT2D eigenvalue weighted by atomic mass is 10.3. The van der Waals surface area contributed by atoms with Crippen LogP contribution in [0, 0.1) is 0 Å². The van der Waals surface area contributed by atoms with Gasteiger partial charge in [-0.3, -0.25) is 4.21 Å². The van der Waals surface area contributed by atoms with Gasteiger partial charge in [-0.15, -0.1) is 0 Å².